The minimum atomic E-state index is -0.159. The Hall–Kier alpha value is -3.58. The lowest BCUT2D eigenvalue weighted by atomic mass is 10.1. The first-order valence-corrected chi connectivity index (χ1v) is 9.29. The third-order valence-corrected chi connectivity index (χ3v) is 4.64. The highest BCUT2D eigenvalue weighted by Gasteiger charge is 2.19. The van der Waals surface area contributed by atoms with Gasteiger partial charge in [0.25, 0.3) is 0 Å². The van der Waals surface area contributed by atoms with Gasteiger partial charge in [0, 0.05) is 25.4 Å². The van der Waals surface area contributed by atoms with Crippen LogP contribution in [-0.2, 0) is 4.74 Å². The van der Waals surface area contributed by atoms with Crippen molar-refractivity contribution in [3.05, 3.63) is 72.6 Å². The maximum Gasteiger partial charge on any atom is 0.326 e. The number of nitrogens with zero attached hydrogens (tertiary/aromatic N) is 3. The molecule has 1 aromatic heterocycles. The number of oxazole rings is 1. The summed E-state index contributed by atoms with van der Waals surface area (Å²) in [5.41, 5.74) is 3.64. The number of ether oxygens (including phenoxy) is 1. The molecule has 0 bridgehead atoms. The summed E-state index contributed by atoms with van der Waals surface area (Å²) in [7, 11) is 1.63. The lowest BCUT2D eigenvalue weighted by molar-refractivity contribution is 0.202. The van der Waals surface area contributed by atoms with Crippen LogP contribution in [0.5, 0.6) is 0 Å². The number of hydrogen-bond donors (Lipinski definition) is 1. The normalized spacial score (nSPS) is 13.4. The van der Waals surface area contributed by atoms with E-state index in [2.05, 4.69) is 10.3 Å². The third-order valence-electron chi connectivity index (χ3n) is 4.64. The monoisotopic (exact) mass is 390 g/mol. The predicted molar refractivity (Wildman–Crippen MR) is 112 cm³/mol. The maximum atomic E-state index is 12.1. The standard InChI is InChI=1S/C22H22N4O3/c1-16-7-3-4-10-19(16)26(15-28-2)22-24-14-20(29-22)17-8-5-9-18(13-17)25-12-6-11-23-21(25)27/h3-10,12-14H,11,15H2,1-2H3,(H,23,27). The van der Waals surface area contributed by atoms with Gasteiger partial charge in [-0.3, -0.25) is 9.80 Å². The van der Waals surface area contributed by atoms with Crippen LogP contribution in [0.4, 0.5) is 22.2 Å². The Morgan fingerprint density at radius 1 is 1.24 bits per heavy atom. The minimum Gasteiger partial charge on any atom is -0.423 e. The van der Waals surface area contributed by atoms with Gasteiger partial charge in [-0.05, 0) is 36.8 Å². The molecule has 0 spiro atoms. The molecule has 1 aliphatic rings. The van der Waals surface area contributed by atoms with Crippen LogP contribution in [0.1, 0.15) is 5.56 Å². The minimum absolute atomic E-state index is 0.159. The Kier molecular flexibility index (Phi) is 5.31. The van der Waals surface area contributed by atoms with E-state index in [9.17, 15) is 4.79 Å². The number of carbonyl (C=O) groups excluding carboxylic acids is 1. The number of aromatic nitrogens is 1. The zero-order chi connectivity index (χ0) is 20.2. The van der Waals surface area contributed by atoms with Crippen molar-refractivity contribution >= 4 is 23.4 Å². The van der Waals surface area contributed by atoms with Crippen LogP contribution in [0.3, 0.4) is 0 Å². The molecule has 1 N–H and O–H groups in total. The topological polar surface area (TPSA) is 70.8 Å². The molecule has 0 saturated heterocycles. The molecule has 4 rings (SSSR count). The van der Waals surface area contributed by atoms with Crippen molar-refractivity contribution in [1.29, 1.82) is 0 Å². The van der Waals surface area contributed by atoms with E-state index in [0.29, 0.717) is 25.1 Å². The first kappa shape index (κ1) is 18.8. The van der Waals surface area contributed by atoms with Gasteiger partial charge in [-0.15, -0.1) is 0 Å². The highest BCUT2D eigenvalue weighted by molar-refractivity contribution is 5.95. The molecule has 2 aromatic carbocycles. The zero-order valence-corrected chi connectivity index (χ0v) is 16.3. The second-order valence-corrected chi connectivity index (χ2v) is 6.63. The summed E-state index contributed by atoms with van der Waals surface area (Å²) in [6, 6.07) is 15.9. The number of methoxy groups -OCH3 is 1. The van der Waals surface area contributed by atoms with Crippen molar-refractivity contribution in [1.82, 2.24) is 10.3 Å². The van der Waals surface area contributed by atoms with Crippen LogP contribution < -0.4 is 15.1 Å². The lowest BCUT2D eigenvalue weighted by Gasteiger charge is -2.22. The molecular formula is C22H22N4O3. The van der Waals surface area contributed by atoms with Crippen LogP contribution in [0, 0.1) is 6.92 Å². The Morgan fingerprint density at radius 2 is 2.10 bits per heavy atom. The van der Waals surface area contributed by atoms with Crippen molar-refractivity contribution < 1.29 is 13.9 Å². The van der Waals surface area contributed by atoms with Gasteiger partial charge in [0.05, 0.1) is 17.6 Å². The van der Waals surface area contributed by atoms with Gasteiger partial charge in [-0.2, -0.15) is 0 Å². The van der Waals surface area contributed by atoms with Crippen LogP contribution in [0.25, 0.3) is 11.3 Å². The molecule has 0 radical (unpaired) electrons. The van der Waals surface area contributed by atoms with E-state index in [1.165, 1.54) is 0 Å². The number of carbonyl (C=O) groups is 1. The van der Waals surface area contributed by atoms with Crippen LogP contribution in [-0.4, -0.2) is 31.4 Å². The molecule has 0 saturated carbocycles. The van der Waals surface area contributed by atoms with Crippen LogP contribution >= 0.6 is 0 Å². The molecule has 7 heteroatoms. The van der Waals surface area contributed by atoms with Crippen LogP contribution in [0.15, 0.2) is 71.4 Å². The fraction of sp³-hybridized carbons (Fsp3) is 0.182. The van der Waals surface area contributed by atoms with Gasteiger partial charge < -0.3 is 14.5 Å². The quantitative estimate of drug-likeness (QED) is 0.630. The molecule has 0 atom stereocenters. The average molecular weight is 390 g/mol. The molecular weight excluding hydrogens is 368 g/mol. The number of amides is 2. The summed E-state index contributed by atoms with van der Waals surface area (Å²) in [6.45, 7) is 2.88. The SMILES string of the molecule is COCN(c1ncc(-c2cccc(N3C=CCNC3=O)c2)o1)c1ccccc1C. The van der Waals surface area contributed by atoms with Gasteiger partial charge in [0.1, 0.15) is 6.73 Å². The Labute approximate surface area is 169 Å². The fourth-order valence-corrected chi connectivity index (χ4v) is 3.22. The highest BCUT2D eigenvalue weighted by Crippen LogP contribution is 2.32. The van der Waals surface area contributed by atoms with Crippen molar-refractivity contribution in [2.24, 2.45) is 0 Å². The smallest absolute Gasteiger partial charge is 0.326 e. The second kappa shape index (κ2) is 8.20. The number of benzene rings is 2. The molecule has 7 nitrogen and oxygen atoms in total. The Balaban J connectivity index is 1.66. The molecule has 0 fully saturated rings. The summed E-state index contributed by atoms with van der Waals surface area (Å²) in [6.07, 6.45) is 5.34. The number of anilines is 3. The summed E-state index contributed by atoms with van der Waals surface area (Å²) in [5, 5.41) is 2.79. The number of urea groups is 1. The molecule has 2 amide bonds. The van der Waals surface area contributed by atoms with Gasteiger partial charge in [0.2, 0.25) is 0 Å². The highest BCUT2D eigenvalue weighted by atomic mass is 16.5. The van der Waals surface area contributed by atoms with Crippen LogP contribution in [0.2, 0.25) is 0 Å². The van der Waals surface area contributed by atoms with Crippen molar-refractivity contribution in [2.45, 2.75) is 6.92 Å². The van der Waals surface area contributed by atoms with Gasteiger partial charge in [-0.25, -0.2) is 9.78 Å². The van der Waals surface area contributed by atoms with E-state index < -0.39 is 0 Å². The third kappa shape index (κ3) is 3.86. The van der Waals surface area contributed by atoms with E-state index >= 15 is 0 Å². The van der Waals surface area contributed by atoms with Crippen molar-refractivity contribution in [2.75, 3.05) is 30.2 Å². The van der Waals surface area contributed by atoms with Gasteiger partial charge in [-0.1, -0.05) is 30.3 Å². The molecule has 0 aliphatic carbocycles. The number of aryl methyl sites for hydroxylation is 1. The summed E-state index contributed by atoms with van der Waals surface area (Å²) in [4.78, 5) is 20.0. The molecule has 2 heterocycles. The zero-order valence-electron chi connectivity index (χ0n) is 16.3. The van der Waals surface area contributed by atoms with E-state index in [1.54, 1.807) is 24.4 Å². The first-order chi connectivity index (χ1) is 14.2. The summed E-state index contributed by atoms with van der Waals surface area (Å²) < 4.78 is 11.4. The number of hydrogen-bond acceptors (Lipinski definition) is 5. The second-order valence-electron chi connectivity index (χ2n) is 6.63. The van der Waals surface area contributed by atoms with Gasteiger partial charge >= 0.3 is 12.0 Å². The Bertz CT molecular complexity index is 1040. The van der Waals surface area contributed by atoms with Crippen molar-refractivity contribution in [3.63, 3.8) is 0 Å². The summed E-state index contributed by atoms with van der Waals surface area (Å²) in [5.74, 6) is 0.609. The molecule has 3 aromatic rings. The fourth-order valence-electron chi connectivity index (χ4n) is 3.22. The molecule has 1 aliphatic heterocycles. The average Bonchev–Trinajstić information content (AvgIpc) is 3.23. The number of rotatable bonds is 6. The largest absolute Gasteiger partial charge is 0.423 e. The lowest BCUT2D eigenvalue weighted by Crippen LogP contribution is -2.39. The Morgan fingerprint density at radius 3 is 2.90 bits per heavy atom. The van der Waals surface area contributed by atoms with E-state index in [1.807, 2.05) is 66.4 Å². The molecule has 0 unspecified atom stereocenters. The van der Waals surface area contributed by atoms with Crippen molar-refractivity contribution in [3.8, 4) is 11.3 Å². The molecule has 148 valence electrons. The first-order valence-electron chi connectivity index (χ1n) is 9.29. The number of para-hydroxylation sites is 1. The van der Waals surface area contributed by atoms with Gasteiger partial charge in [0.15, 0.2) is 5.76 Å². The van der Waals surface area contributed by atoms with E-state index in [4.69, 9.17) is 9.15 Å². The predicted octanol–water partition coefficient (Wildman–Crippen LogP) is 4.44. The summed E-state index contributed by atoms with van der Waals surface area (Å²) >= 11 is 0. The molecule has 29 heavy (non-hydrogen) atoms. The number of nitrogens with one attached hydrogen (secondary N) is 1. The maximum absolute atomic E-state index is 12.1. The van der Waals surface area contributed by atoms with E-state index in [0.717, 1.165) is 22.5 Å². The van der Waals surface area contributed by atoms with E-state index in [-0.39, 0.29) is 6.03 Å².